The molecule has 2 aliphatic rings. The third-order valence-electron chi connectivity index (χ3n) is 6.86. The van der Waals surface area contributed by atoms with Gasteiger partial charge in [0, 0.05) is 48.0 Å². The predicted octanol–water partition coefficient (Wildman–Crippen LogP) is 2.41. The highest BCUT2D eigenvalue weighted by Gasteiger charge is 2.51. The van der Waals surface area contributed by atoms with Gasteiger partial charge in [0.15, 0.2) is 29.0 Å². The molecule has 1 fully saturated rings. The molecule has 5 rings (SSSR count). The van der Waals surface area contributed by atoms with Crippen LogP contribution in [-0.2, 0) is 32.4 Å². The third kappa shape index (κ3) is 6.41. The maximum atomic E-state index is 14.2. The summed E-state index contributed by atoms with van der Waals surface area (Å²) in [5, 5.41) is 36.3. The summed E-state index contributed by atoms with van der Waals surface area (Å²) in [4.78, 5) is 26.1. The van der Waals surface area contributed by atoms with Gasteiger partial charge in [-0.2, -0.15) is 18.3 Å². The minimum atomic E-state index is -3.16. The number of pyridine rings is 1. The molecule has 0 saturated carbocycles. The number of carbonyl (C=O) groups is 2. The molecule has 0 bridgehead atoms. The van der Waals surface area contributed by atoms with E-state index in [1.165, 1.54) is 23.0 Å². The number of aliphatic carboxylic acids is 2. The maximum absolute atomic E-state index is 14.2. The average Bonchev–Trinajstić information content (AvgIpc) is 3.51. The van der Waals surface area contributed by atoms with Gasteiger partial charge in [0.05, 0.1) is 5.69 Å². The van der Waals surface area contributed by atoms with E-state index in [1.54, 1.807) is 6.20 Å². The quantitative estimate of drug-likeness (QED) is 0.309. The summed E-state index contributed by atoms with van der Waals surface area (Å²) in [5.74, 6) is -7.02. The average molecular weight is 603 g/mol. The highest BCUT2D eigenvalue weighted by atomic mass is 32.1. The molecule has 11 nitrogen and oxygen atoms in total. The highest BCUT2D eigenvalue weighted by molar-refractivity contribution is 7.10. The SMILES string of the molecule is Cc1nn(-c2ncccc2F)cc1CN1CCC2(CC1)OCC(F)(F)c1cc(F)sc12.O=C(O)[C@H](O)[C@@H](O)C(=O)O. The molecule has 0 amide bonds. The van der Waals surface area contributed by atoms with Crippen LogP contribution in [0.25, 0.3) is 5.82 Å². The van der Waals surface area contributed by atoms with E-state index in [0.29, 0.717) is 37.4 Å². The largest absolute Gasteiger partial charge is 0.479 e. The fraction of sp³-hybridized carbons (Fsp3) is 0.440. The number of hydrogen-bond donors (Lipinski definition) is 4. The number of aromatic nitrogens is 3. The smallest absolute Gasteiger partial charge is 0.335 e. The molecule has 16 heteroatoms. The van der Waals surface area contributed by atoms with Crippen LogP contribution in [0.5, 0.6) is 0 Å². The summed E-state index contributed by atoms with van der Waals surface area (Å²) in [6.07, 6.45) is -0.268. The number of halogens is 4. The van der Waals surface area contributed by atoms with Gasteiger partial charge in [0.25, 0.3) is 5.92 Å². The van der Waals surface area contributed by atoms with E-state index in [9.17, 15) is 27.2 Å². The Balaban J connectivity index is 0.000000334. The van der Waals surface area contributed by atoms with Crippen LogP contribution in [0.2, 0.25) is 0 Å². The molecule has 0 radical (unpaired) electrons. The second-order valence-electron chi connectivity index (χ2n) is 9.62. The summed E-state index contributed by atoms with van der Waals surface area (Å²) in [6, 6.07) is 3.80. The van der Waals surface area contributed by atoms with Crippen LogP contribution in [0, 0.1) is 17.9 Å². The zero-order valence-electron chi connectivity index (χ0n) is 21.5. The summed E-state index contributed by atoms with van der Waals surface area (Å²) < 4.78 is 63.3. The van der Waals surface area contributed by atoms with Crippen LogP contribution in [0.4, 0.5) is 17.6 Å². The number of aliphatic hydroxyl groups is 2. The fourth-order valence-corrected chi connectivity index (χ4v) is 5.74. The summed E-state index contributed by atoms with van der Waals surface area (Å²) in [6.45, 7) is 2.92. The first-order chi connectivity index (χ1) is 19.2. The maximum Gasteiger partial charge on any atom is 0.335 e. The number of hydrogen-bond acceptors (Lipinski definition) is 9. The van der Waals surface area contributed by atoms with E-state index < -0.39 is 53.2 Å². The van der Waals surface area contributed by atoms with Gasteiger partial charge in [-0.25, -0.2) is 23.6 Å². The zero-order valence-corrected chi connectivity index (χ0v) is 22.3. The summed E-state index contributed by atoms with van der Waals surface area (Å²) in [7, 11) is 0. The first kappa shape index (κ1) is 30.5. The number of alkyl halides is 2. The van der Waals surface area contributed by atoms with Crippen molar-refractivity contribution in [1.29, 1.82) is 0 Å². The summed E-state index contributed by atoms with van der Waals surface area (Å²) in [5.41, 5.74) is 0.601. The number of aliphatic hydroxyl groups excluding tert-OH is 2. The monoisotopic (exact) mass is 602 g/mol. The van der Waals surface area contributed by atoms with E-state index in [2.05, 4.69) is 15.0 Å². The standard InChI is InChI=1S/C21H20F4N4OS.C4H6O6/c1-13-14(11-29(27-13)19-16(22)3-2-6-26-19)10-28-7-4-20(5-8-28)18-15(9-17(23)31-18)21(24,25)12-30-20;5-1(3(7)8)2(6)4(9)10/h2-3,6,9,11H,4-5,7-8,10,12H2,1H3;1-2,5-6H,(H,7,8)(H,9,10)/t;1-,2-/m.1/s1. The Bertz CT molecular complexity index is 1410. The van der Waals surface area contributed by atoms with Gasteiger partial charge in [-0.3, -0.25) is 4.90 Å². The number of carboxylic acids is 2. The molecule has 1 saturated heterocycles. The number of likely N-dealkylation sites (tertiary alicyclic amines) is 1. The normalized spacial score (nSPS) is 19.1. The topological polar surface area (TPSA) is 158 Å². The molecule has 2 atom stereocenters. The van der Waals surface area contributed by atoms with Crippen molar-refractivity contribution in [2.75, 3.05) is 19.7 Å². The molecule has 0 aliphatic carbocycles. The van der Waals surface area contributed by atoms with E-state index in [1.807, 2.05) is 6.92 Å². The van der Waals surface area contributed by atoms with Crippen molar-refractivity contribution >= 4 is 23.3 Å². The van der Waals surface area contributed by atoms with Crippen molar-refractivity contribution in [2.45, 2.75) is 50.0 Å². The lowest BCUT2D eigenvalue weighted by atomic mass is 9.84. The molecule has 0 aromatic carbocycles. The van der Waals surface area contributed by atoms with E-state index in [4.69, 9.17) is 25.2 Å². The Morgan fingerprint density at radius 2 is 1.78 bits per heavy atom. The second kappa shape index (κ2) is 11.8. The van der Waals surface area contributed by atoms with Crippen LogP contribution in [-0.4, -0.2) is 83.9 Å². The molecule has 222 valence electrons. The molecule has 5 heterocycles. The van der Waals surface area contributed by atoms with Crippen LogP contribution >= 0.6 is 11.3 Å². The Morgan fingerprint density at radius 3 is 2.37 bits per heavy atom. The molecular formula is C25H26F4N4O7S. The van der Waals surface area contributed by atoms with Gasteiger partial charge >= 0.3 is 11.9 Å². The molecule has 3 aromatic heterocycles. The fourth-order valence-electron chi connectivity index (χ4n) is 4.60. The number of nitrogens with zero attached hydrogens (tertiary/aromatic N) is 4. The molecule has 4 N–H and O–H groups in total. The molecule has 1 spiro atoms. The zero-order chi connectivity index (χ0) is 30.1. The van der Waals surface area contributed by atoms with E-state index in [0.717, 1.165) is 28.7 Å². The number of ether oxygens (including phenoxy) is 1. The van der Waals surface area contributed by atoms with Crippen molar-refractivity contribution in [1.82, 2.24) is 19.7 Å². The van der Waals surface area contributed by atoms with Crippen LogP contribution in [0.1, 0.15) is 34.5 Å². The van der Waals surface area contributed by atoms with Crippen molar-refractivity contribution in [3.05, 3.63) is 63.2 Å². The second-order valence-corrected chi connectivity index (χ2v) is 10.6. The van der Waals surface area contributed by atoms with Gasteiger partial charge in [-0.1, -0.05) is 0 Å². The summed E-state index contributed by atoms with van der Waals surface area (Å²) >= 11 is 0.762. The van der Waals surface area contributed by atoms with E-state index >= 15 is 0 Å². The van der Waals surface area contributed by atoms with Crippen molar-refractivity contribution in [3.8, 4) is 5.82 Å². The van der Waals surface area contributed by atoms with Crippen molar-refractivity contribution in [2.24, 2.45) is 0 Å². The minimum Gasteiger partial charge on any atom is -0.479 e. The Labute approximate surface area is 234 Å². The van der Waals surface area contributed by atoms with E-state index in [-0.39, 0.29) is 11.4 Å². The lowest BCUT2D eigenvalue weighted by Gasteiger charge is -2.45. The molecule has 41 heavy (non-hydrogen) atoms. The van der Waals surface area contributed by atoms with Gasteiger partial charge < -0.3 is 25.2 Å². The lowest BCUT2D eigenvalue weighted by molar-refractivity contribution is -0.182. The number of thiophene rings is 1. The van der Waals surface area contributed by atoms with Crippen LogP contribution in [0.3, 0.4) is 0 Å². The predicted molar refractivity (Wildman–Crippen MR) is 134 cm³/mol. The highest BCUT2D eigenvalue weighted by Crippen LogP contribution is 2.51. The Morgan fingerprint density at radius 1 is 1.15 bits per heavy atom. The van der Waals surface area contributed by atoms with Crippen LogP contribution in [0.15, 0.2) is 30.6 Å². The Kier molecular flexibility index (Phi) is 8.79. The number of piperidine rings is 1. The van der Waals surface area contributed by atoms with Crippen molar-refractivity contribution < 1.29 is 52.3 Å². The number of aryl methyl sites for hydroxylation is 1. The van der Waals surface area contributed by atoms with Gasteiger partial charge in [-0.15, -0.1) is 11.3 Å². The minimum absolute atomic E-state index is 0.137. The molecule has 2 aliphatic heterocycles. The van der Waals surface area contributed by atoms with Gasteiger partial charge in [0.1, 0.15) is 12.2 Å². The third-order valence-corrected chi connectivity index (χ3v) is 7.97. The number of carboxylic acid groups (broad SMARTS) is 2. The van der Waals surface area contributed by atoms with Crippen molar-refractivity contribution in [3.63, 3.8) is 0 Å². The van der Waals surface area contributed by atoms with Crippen LogP contribution < -0.4 is 0 Å². The van der Waals surface area contributed by atoms with Gasteiger partial charge in [-0.05, 0) is 38.0 Å². The molecule has 3 aromatic rings. The van der Waals surface area contributed by atoms with Gasteiger partial charge in [0.2, 0.25) is 0 Å². The molecule has 0 unspecified atom stereocenters. The first-order valence-electron chi connectivity index (χ1n) is 12.3. The lowest BCUT2D eigenvalue weighted by Crippen LogP contribution is -2.48. The Hall–Kier alpha value is -3.44. The number of fused-ring (bicyclic) bond motifs is 2. The number of rotatable bonds is 6. The molecular weight excluding hydrogens is 576 g/mol. The first-order valence-corrected chi connectivity index (χ1v) is 13.1.